The maximum atomic E-state index is 4.50. The molecule has 0 aliphatic heterocycles. The molecule has 0 aromatic heterocycles. The van der Waals surface area contributed by atoms with Crippen molar-refractivity contribution in [2.24, 2.45) is 5.73 Å². The van der Waals surface area contributed by atoms with Crippen LogP contribution in [-0.4, -0.2) is 7.05 Å². The molecule has 0 aliphatic carbocycles. The summed E-state index contributed by atoms with van der Waals surface area (Å²) in [7, 11) is 1.50. The molecule has 44 valence electrons. The summed E-state index contributed by atoms with van der Waals surface area (Å²) in [5.74, 6) is 0. The summed E-state index contributed by atoms with van der Waals surface area (Å²) >= 11 is 0. The highest BCUT2D eigenvalue weighted by Crippen LogP contribution is 1.15. The Morgan fingerprint density at radius 1 is 0.833 bits per heavy atom. The molecule has 0 spiro atoms. The Labute approximate surface area is 43.0 Å². The molecule has 0 saturated heterocycles. The largest absolute Gasteiger partial charge is 0.333 e. The third-order valence-corrected chi connectivity index (χ3v) is 0. The first-order valence-electron chi connectivity index (χ1n) is 2.58. The summed E-state index contributed by atoms with van der Waals surface area (Å²) in [6.45, 7) is 8.00. The van der Waals surface area contributed by atoms with Crippen molar-refractivity contribution in [3.63, 3.8) is 0 Å². The van der Waals surface area contributed by atoms with Gasteiger partial charge in [0.25, 0.3) is 0 Å². The van der Waals surface area contributed by atoms with E-state index < -0.39 is 0 Å². The Balaban J connectivity index is -0.00000000900. The van der Waals surface area contributed by atoms with Crippen molar-refractivity contribution in [1.29, 1.82) is 0 Å². The van der Waals surface area contributed by atoms with Crippen molar-refractivity contribution >= 4 is 0 Å². The Bertz CT molecular complexity index is 8.04. The zero-order chi connectivity index (χ0) is 6.00. The van der Waals surface area contributed by atoms with Gasteiger partial charge in [-0.05, 0) is 7.05 Å². The fourth-order valence-corrected chi connectivity index (χ4v) is 0. The minimum absolute atomic E-state index is 0. The van der Waals surface area contributed by atoms with Crippen molar-refractivity contribution in [1.82, 2.24) is 0 Å². The molecule has 0 rings (SSSR count). The molecule has 0 radical (unpaired) electrons. The van der Waals surface area contributed by atoms with E-state index in [9.17, 15) is 0 Å². The van der Waals surface area contributed by atoms with E-state index in [-0.39, 0.29) is 1.43 Å². The molecule has 1 heteroatoms. The lowest BCUT2D eigenvalue weighted by Gasteiger charge is -1.19. The molecule has 0 aromatic rings. The van der Waals surface area contributed by atoms with Crippen LogP contribution in [0.25, 0.3) is 0 Å². The van der Waals surface area contributed by atoms with Gasteiger partial charge in [0, 0.05) is 1.43 Å². The lowest BCUT2D eigenvalue weighted by atomic mass is 11.0. The zero-order valence-corrected chi connectivity index (χ0v) is 5.58. The summed E-state index contributed by atoms with van der Waals surface area (Å²) in [6, 6.07) is 0. The highest BCUT2D eigenvalue weighted by atomic mass is 14.4. The van der Waals surface area contributed by atoms with Crippen LogP contribution in [0.5, 0.6) is 0 Å². The number of rotatable bonds is 0. The Kier molecular flexibility index (Phi) is 136000. The van der Waals surface area contributed by atoms with Gasteiger partial charge in [0.05, 0.1) is 0 Å². The van der Waals surface area contributed by atoms with Gasteiger partial charge in [-0.2, -0.15) is 0 Å². The molecule has 0 amide bonds. The molecule has 0 fully saturated rings. The second-order valence-corrected chi connectivity index (χ2v) is 0. The second-order valence-electron chi connectivity index (χ2n) is 0. The molecule has 0 aromatic carbocycles. The Morgan fingerprint density at radius 3 is 0.833 bits per heavy atom. The van der Waals surface area contributed by atoms with Crippen LogP contribution < -0.4 is 5.73 Å². The molecule has 0 aliphatic rings. The topological polar surface area (TPSA) is 26.0 Å². The van der Waals surface area contributed by atoms with Crippen LogP contribution in [0.2, 0.25) is 0 Å². The fourth-order valence-electron chi connectivity index (χ4n) is 0. The number of nitrogens with two attached hydrogens (primary N) is 1. The van der Waals surface area contributed by atoms with Gasteiger partial charge in [0.1, 0.15) is 0 Å². The highest BCUT2D eigenvalue weighted by Gasteiger charge is 0.934. The van der Waals surface area contributed by atoms with E-state index in [1.54, 1.807) is 0 Å². The Morgan fingerprint density at radius 2 is 0.833 bits per heavy atom. The molecule has 0 bridgehead atoms. The van der Waals surface area contributed by atoms with Crippen LogP contribution in [0.15, 0.2) is 0 Å². The van der Waals surface area contributed by atoms with E-state index in [1.165, 1.54) is 7.05 Å². The summed E-state index contributed by atoms with van der Waals surface area (Å²) in [5.41, 5.74) is 4.50. The van der Waals surface area contributed by atoms with Gasteiger partial charge in [-0.3, -0.25) is 0 Å². The van der Waals surface area contributed by atoms with E-state index in [4.69, 9.17) is 0 Å². The van der Waals surface area contributed by atoms with Crippen molar-refractivity contribution < 1.29 is 1.43 Å². The quantitative estimate of drug-likeness (QED) is 0.486. The van der Waals surface area contributed by atoms with Gasteiger partial charge in [0.15, 0.2) is 0 Å². The minimum Gasteiger partial charge on any atom is -0.333 e. The normalized spacial score (nSPS) is 3.00. The van der Waals surface area contributed by atoms with Crippen molar-refractivity contribution in [3.8, 4) is 0 Å². The lowest BCUT2D eigenvalue weighted by Crippen LogP contribution is -1.69. The minimum atomic E-state index is 0. The van der Waals surface area contributed by atoms with E-state index in [1.807, 2.05) is 27.7 Å². The van der Waals surface area contributed by atoms with Crippen LogP contribution in [0.3, 0.4) is 0 Å². The van der Waals surface area contributed by atoms with E-state index in [0.29, 0.717) is 0 Å². The second kappa shape index (κ2) is 48600. The van der Waals surface area contributed by atoms with Crippen LogP contribution in [0.1, 0.15) is 29.1 Å². The fraction of sp³-hybridized carbons (Fsp3) is 1.00. The van der Waals surface area contributed by atoms with Crippen LogP contribution in [-0.2, 0) is 0 Å². The average molecular weight is 93.2 g/mol. The van der Waals surface area contributed by atoms with Gasteiger partial charge >= 0.3 is 0 Å². The van der Waals surface area contributed by atoms with Gasteiger partial charge in [-0.1, -0.05) is 27.7 Å². The van der Waals surface area contributed by atoms with Crippen molar-refractivity contribution in [2.45, 2.75) is 27.7 Å². The van der Waals surface area contributed by atoms with Crippen LogP contribution in [0, 0.1) is 0 Å². The summed E-state index contributed by atoms with van der Waals surface area (Å²) in [6.07, 6.45) is 0. The van der Waals surface area contributed by atoms with Crippen LogP contribution in [0.4, 0.5) is 0 Å². The molecular formula is C5H19N. The highest BCUT2D eigenvalue weighted by molar-refractivity contribution is 3.54. The molecule has 0 saturated carbocycles. The first kappa shape index (κ1) is 16.7. The molecule has 6 heavy (non-hydrogen) atoms. The van der Waals surface area contributed by atoms with Crippen LogP contribution >= 0.6 is 0 Å². The van der Waals surface area contributed by atoms with Gasteiger partial charge in [-0.25, -0.2) is 0 Å². The third kappa shape index (κ3) is 21700. The summed E-state index contributed by atoms with van der Waals surface area (Å²) in [5, 5.41) is 0. The van der Waals surface area contributed by atoms with Gasteiger partial charge < -0.3 is 5.73 Å². The standard InChI is InChI=1S/2C2H6.CH5N.H2/c3*1-2;/h2*1-2H3;2H2,1H3;1H. The summed E-state index contributed by atoms with van der Waals surface area (Å²) < 4.78 is 0. The van der Waals surface area contributed by atoms with Gasteiger partial charge in [-0.15, -0.1) is 0 Å². The van der Waals surface area contributed by atoms with E-state index in [2.05, 4.69) is 5.73 Å². The maximum absolute atomic E-state index is 4.50. The molecule has 0 unspecified atom stereocenters. The zero-order valence-electron chi connectivity index (χ0n) is 5.58. The predicted molar refractivity (Wildman–Crippen MR) is 34.9 cm³/mol. The molecule has 2 N–H and O–H groups in total. The monoisotopic (exact) mass is 93.2 g/mol. The van der Waals surface area contributed by atoms with Crippen molar-refractivity contribution in [2.75, 3.05) is 7.05 Å². The SMILES string of the molecule is CC.CC.CN.[HH]. The lowest BCUT2D eigenvalue weighted by molar-refractivity contribution is 1.48. The molecule has 0 heterocycles. The van der Waals surface area contributed by atoms with Crippen molar-refractivity contribution in [3.05, 3.63) is 0 Å². The number of hydrogen-bond acceptors (Lipinski definition) is 1. The van der Waals surface area contributed by atoms with Gasteiger partial charge in [0.2, 0.25) is 0 Å². The predicted octanol–water partition coefficient (Wildman–Crippen LogP) is 1.87. The number of hydrogen-bond donors (Lipinski definition) is 1. The van der Waals surface area contributed by atoms with E-state index in [0.717, 1.165) is 0 Å². The Hall–Kier alpha value is -0.0400. The molecular weight excluding hydrogens is 74.1 g/mol. The maximum Gasteiger partial charge on any atom is 0 e. The summed E-state index contributed by atoms with van der Waals surface area (Å²) in [4.78, 5) is 0. The third-order valence-electron chi connectivity index (χ3n) is 0. The average Bonchev–Trinajstić information content (AvgIpc) is 1.81. The van der Waals surface area contributed by atoms with E-state index >= 15 is 0 Å². The first-order chi connectivity index (χ1) is 3.00. The first-order valence-corrected chi connectivity index (χ1v) is 2.58. The molecule has 1 nitrogen and oxygen atoms in total. The molecule has 0 atom stereocenters. The smallest absolute Gasteiger partial charge is 0 e.